The summed E-state index contributed by atoms with van der Waals surface area (Å²) in [4.78, 5) is 3.77. The highest BCUT2D eigenvalue weighted by Crippen LogP contribution is 2.38. The molecular formula is C21H40N2S. The van der Waals surface area contributed by atoms with Gasteiger partial charge in [-0.15, -0.1) is 0 Å². The molecule has 2 fully saturated rings. The number of rotatable bonds is 3. The van der Waals surface area contributed by atoms with Gasteiger partial charge in [-0.3, -0.25) is 0 Å². The number of nitrogens with zero attached hydrogens (tertiary/aromatic N) is 1. The van der Waals surface area contributed by atoms with Crippen molar-refractivity contribution in [3.63, 3.8) is 0 Å². The van der Waals surface area contributed by atoms with Crippen molar-refractivity contribution in [2.75, 3.05) is 0 Å². The SMILES string of the molecule is CCCC1CCCCC2C(CCC(=S)N2C(C)C)CC(C)(N)CC1. The summed E-state index contributed by atoms with van der Waals surface area (Å²) in [5.41, 5.74) is 6.78. The van der Waals surface area contributed by atoms with Crippen molar-refractivity contribution in [3.05, 3.63) is 0 Å². The van der Waals surface area contributed by atoms with Crippen LogP contribution in [0.4, 0.5) is 0 Å². The topological polar surface area (TPSA) is 29.3 Å². The van der Waals surface area contributed by atoms with Gasteiger partial charge in [0, 0.05) is 17.6 Å². The summed E-state index contributed by atoms with van der Waals surface area (Å²) in [5.74, 6) is 1.61. The van der Waals surface area contributed by atoms with Gasteiger partial charge in [0.2, 0.25) is 0 Å². The first-order chi connectivity index (χ1) is 11.3. The molecule has 2 aliphatic rings. The quantitative estimate of drug-likeness (QED) is 0.662. The Bertz CT molecular complexity index is 405. The average molecular weight is 353 g/mol. The van der Waals surface area contributed by atoms with E-state index in [1.165, 1.54) is 69.2 Å². The Balaban J connectivity index is 2.15. The van der Waals surface area contributed by atoms with Crippen LogP contribution in [0.1, 0.15) is 98.3 Å². The maximum atomic E-state index is 6.79. The number of hydrogen-bond donors (Lipinski definition) is 1. The first kappa shape index (κ1) is 20.2. The Morgan fingerprint density at radius 1 is 1.21 bits per heavy atom. The molecule has 0 aromatic carbocycles. The fraction of sp³-hybridized carbons (Fsp3) is 0.952. The van der Waals surface area contributed by atoms with Gasteiger partial charge in [0.25, 0.3) is 0 Å². The summed E-state index contributed by atoms with van der Waals surface area (Å²) in [5, 5.41) is 0. The van der Waals surface area contributed by atoms with Gasteiger partial charge in [-0.25, -0.2) is 0 Å². The van der Waals surface area contributed by atoms with Crippen LogP contribution < -0.4 is 5.73 Å². The average Bonchev–Trinajstić information content (AvgIpc) is 2.52. The number of hydrogen-bond acceptors (Lipinski definition) is 2. The van der Waals surface area contributed by atoms with E-state index in [2.05, 4.69) is 32.6 Å². The number of thiocarbonyl (C=S) groups is 1. The lowest BCUT2D eigenvalue weighted by molar-refractivity contribution is 0.125. The Morgan fingerprint density at radius 3 is 2.58 bits per heavy atom. The maximum Gasteiger partial charge on any atom is 0.0784 e. The molecule has 3 heteroatoms. The lowest BCUT2D eigenvalue weighted by Gasteiger charge is -2.47. The van der Waals surface area contributed by atoms with Crippen LogP contribution in [0.2, 0.25) is 0 Å². The minimum absolute atomic E-state index is 0.0130. The summed E-state index contributed by atoms with van der Waals surface area (Å²) in [7, 11) is 0. The van der Waals surface area contributed by atoms with Crippen LogP contribution in [0.5, 0.6) is 0 Å². The van der Waals surface area contributed by atoms with Crippen molar-refractivity contribution < 1.29 is 0 Å². The van der Waals surface area contributed by atoms with E-state index in [1.807, 2.05) is 0 Å². The zero-order valence-electron chi connectivity index (χ0n) is 16.5. The smallest absolute Gasteiger partial charge is 0.0784 e. The third kappa shape index (κ3) is 5.42. The second kappa shape index (κ2) is 8.98. The maximum absolute atomic E-state index is 6.79. The van der Waals surface area contributed by atoms with Gasteiger partial charge in [-0.05, 0) is 71.1 Å². The largest absolute Gasteiger partial charge is 0.360 e. The fourth-order valence-corrected chi connectivity index (χ4v) is 5.65. The molecule has 0 amide bonds. The van der Waals surface area contributed by atoms with E-state index in [1.54, 1.807) is 0 Å². The molecule has 1 aliphatic heterocycles. The number of piperidine rings is 1. The van der Waals surface area contributed by atoms with Crippen LogP contribution in [0.25, 0.3) is 0 Å². The van der Waals surface area contributed by atoms with Crippen LogP contribution in [0.3, 0.4) is 0 Å². The van der Waals surface area contributed by atoms with Gasteiger partial charge >= 0.3 is 0 Å². The molecular weight excluding hydrogens is 312 g/mol. The van der Waals surface area contributed by atoms with E-state index in [-0.39, 0.29) is 5.54 Å². The zero-order chi connectivity index (χ0) is 17.7. The van der Waals surface area contributed by atoms with Gasteiger partial charge in [0.15, 0.2) is 0 Å². The monoisotopic (exact) mass is 352 g/mol. The minimum atomic E-state index is -0.0130. The van der Waals surface area contributed by atoms with Gasteiger partial charge in [-0.2, -0.15) is 0 Å². The highest BCUT2D eigenvalue weighted by atomic mass is 32.1. The van der Waals surface area contributed by atoms with Gasteiger partial charge in [0.05, 0.1) is 4.99 Å². The van der Waals surface area contributed by atoms with Crippen molar-refractivity contribution in [2.24, 2.45) is 17.6 Å². The van der Waals surface area contributed by atoms with E-state index < -0.39 is 0 Å². The fourth-order valence-electron chi connectivity index (χ4n) is 5.19. The molecule has 0 spiro atoms. The zero-order valence-corrected chi connectivity index (χ0v) is 17.3. The highest BCUT2D eigenvalue weighted by molar-refractivity contribution is 7.80. The molecule has 1 heterocycles. The standard InChI is InChI=1S/C21H40N2S/c1-5-8-17-9-6-7-10-19-18(15-21(4,22)14-13-17)11-12-20(24)23(19)16(2)3/h16-19H,5-15,22H2,1-4H3. The summed E-state index contributed by atoms with van der Waals surface area (Å²) >= 11 is 5.74. The van der Waals surface area contributed by atoms with Crippen LogP contribution in [-0.4, -0.2) is 27.5 Å². The molecule has 4 unspecified atom stereocenters. The molecule has 4 atom stereocenters. The first-order valence-electron chi connectivity index (χ1n) is 10.4. The van der Waals surface area contributed by atoms with Crippen LogP contribution >= 0.6 is 12.2 Å². The normalized spacial score (nSPS) is 36.3. The van der Waals surface area contributed by atoms with Crippen molar-refractivity contribution in [3.8, 4) is 0 Å². The molecule has 24 heavy (non-hydrogen) atoms. The Morgan fingerprint density at radius 2 is 1.92 bits per heavy atom. The number of nitrogens with two attached hydrogens (primary N) is 1. The molecule has 1 aliphatic carbocycles. The minimum Gasteiger partial charge on any atom is -0.360 e. The number of likely N-dealkylation sites (tertiary alicyclic amines) is 1. The molecule has 140 valence electrons. The number of fused-ring (bicyclic) bond motifs is 1. The molecule has 2 rings (SSSR count). The summed E-state index contributed by atoms with van der Waals surface area (Å²) in [6.07, 6.45) is 14.1. The third-order valence-corrected chi connectivity index (χ3v) is 6.80. The Labute approximate surface area is 155 Å². The predicted octanol–water partition coefficient (Wildman–Crippen LogP) is 5.68. The lowest BCUT2D eigenvalue weighted by Crippen LogP contribution is -2.53. The lowest BCUT2D eigenvalue weighted by atomic mass is 9.76. The van der Waals surface area contributed by atoms with E-state index in [4.69, 9.17) is 18.0 Å². The molecule has 1 saturated carbocycles. The van der Waals surface area contributed by atoms with E-state index in [0.717, 1.165) is 18.3 Å². The predicted molar refractivity (Wildman–Crippen MR) is 109 cm³/mol. The van der Waals surface area contributed by atoms with Crippen LogP contribution in [0.15, 0.2) is 0 Å². The van der Waals surface area contributed by atoms with Crippen molar-refractivity contribution in [1.82, 2.24) is 4.90 Å². The molecule has 0 aromatic heterocycles. The van der Waals surface area contributed by atoms with Gasteiger partial charge < -0.3 is 10.6 Å². The second-order valence-corrected chi connectivity index (χ2v) is 9.57. The molecule has 0 aromatic rings. The highest BCUT2D eigenvalue weighted by Gasteiger charge is 2.38. The third-order valence-electron chi connectivity index (χ3n) is 6.39. The Kier molecular flexibility index (Phi) is 7.55. The summed E-state index contributed by atoms with van der Waals surface area (Å²) in [6.45, 7) is 9.23. The van der Waals surface area contributed by atoms with E-state index >= 15 is 0 Å². The molecule has 2 nitrogen and oxygen atoms in total. The first-order valence-corrected chi connectivity index (χ1v) is 10.8. The Hall–Kier alpha value is -0.150. The van der Waals surface area contributed by atoms with Crippen molar-refractivity contribution >= 4 is 17.2 Å². The molecule has 1 saturated heterocycles. The van der Waals surface area contributed by atoms with Crippen LogP contribution in [-0.2, 0) is 0 Å². The molecule has 2 N–H and O–H groups in total. The van der Waals surface area contributed by atoms with Crippen LogP contribution in [0, 0.1) is 11.8 Å². The summed E-state index contributed by atoms with van der Waals surface area (Å²) in [6, 6.07) is 1.14. The van der Waals surface area contributed by atoms with E-state index in [9.17, 15) is 0 Å². The molecule has 0 radical (unpaired) electrons. The van der Waals surface area contributed by atoms with Crippen molar-refractivity contribution in [1.29, 1.82) is 0 Å². The van der Waals surface area contributed by atoms with Crippen molar-refractivity contribution in [2.45, 2.75) is 116 Å². The molecule has 0 bridgehead atoms. The van der Waals surface area contributed by atoms with Gasteiger partial charge in [0.1, 0.15) is 0 Å². The summed E-state index contributed by atoms with van der Waals surface area (Å²) < 4.78 is 0. The second-order valence-electron chi connectivity index (χ2n) is 9.10. The van der Waals surface area contributed by atoms with E-state index in [0.29, 0.717) is 12.1 Å². The van der Waals surface area contributed by atoms with Gasteiger partial charge in [-0.1, -0.05) is 51.2 Å².